The molecule has 0 heterocycles. The number of benzene rings is 1. The van der Waals surface area contributed by atoms with Crippen molar-refractivity contribution < 1.29 is 9.90 Å². The lowest BCUT2D eigenvalue weighted by Crippen LogP contribution is -2.30. The molecule has 1 aromatic carbocycles. The normalized spacial score (nSPS) is 14.1. The minimum atomic E-state index is -0.823. The summed E-state index contributed by atoms with van der Waals surface area (Å²) in [6.07, 6.45) is 2.41. The molecule has 0 aromatic heterocycles. The molecule has 3 N–H and O–H groups in total. The third-order valence-corrected chi connectivity index (χ3v) is 2.70. The zero-order valence-electron chi connectivity index (χ0n) is 9.27. The van der Waals surface area contributed by atoms with Crippen molar-refractivity contribution in [3.63, 3.8) is 0 Å². The monoisotopic (exact) mass is 250 g/mol. The van der Waals surface area contributed by atoms with Gasteiger partial charge in [0.15, 0.2) is 5.11 Å². The molecule has 17 heavy (non-hydrogen) atoms. The van der Waals surface area contributed by atoms with Crippen LogP contribution in [-0.2, 0) is 11.2 Å². The zero-order chi connectivity index (χ0) is 12.3. The zero-order valence-corrected chi connectivity index (χ0v) is 10.1. The first kappa shape index (κ1) is 11.9. The largest absolute Gasteiger partial charge is 0.481 e. The predicted molar refractivity (Wildman–Crippen MR) is 70.2 cm³/mol. The summed E-state index contributed by atoms with van der Waals surface area (Å²) in [7, 11) is 0. The lowest BCUT2D eigenvalue weighted by Gasteiger charge is -2.09. The average Bonchev–Trinajstić information content (AvgIpc) is 3.04. The van der Waals surface area contributed by atoms with Gasteiger partial charge in [-0.2, -0.15) is 0 Å². The Balaban J connectivity index is 1.88. The number of hydrogen-bond donors (Lipinski definition) is 3. The van der Waals surface area contributed by atoms with E-state index >= 15 is 0 Å². The first-order valence-corrected chi connectivity index (χ1v) is 5.92. The van der Waals surface area contributed by atoms with Crippen LogP contribution < -0.4 is 10.6 Å². The molecule has 1 aliphatic carbocycles. The van der Waals surface area contributed by atoms with Gasteiger partial charge in [-0.1, -0.05) is 12.1 Å². The quantitative estimate of drug-likeness (QED) is 0.711. The second-order valence-corrected chi connectivity index (χ2v) is 4.55. The Morgan fingerprint density at radius 3 is 2.53 bits per heavy atom. The summed E-state index contributed by atoms with van der Waals surface area (Å²) < 4.78 is 0. The molecule has 90 valence electrons. The highest BCUT2D eigenvalue weighted by Crippen LogP contribution is 2.19. The summed E-state index contributed by atoms with van der Waals surface area (Å²) in [6, 6.07) is 7.77. The van der Waals surface area contributed by atoms with E-state index in [1.807, 2.05) is 12.1 Å². The van der Waals surface area contributed by atoms with E-state index in [1.165, 1.54) is 12.8 Å². The first-order valence-electron chi connectivity index (χ1n) is 5.52. The second-order valence-electron chi connectivity index (χ2n) is 4.14. The van der Waals surface area contributed by atoms with E-state index in [4.69, 9.17) is 17.3 Å². The average molecular weight is 250 g/mol. The van der Waals surface area contributed by atoms with Crippen LogP contribution in [0.3, 0.4) is 0 Å². The maximum atomic E-state index is 10.5. The fourth-order valence-corrected chi connectivity index (χ4v) is 1.75. The lowest BCUT2D eigenvalue weighted by atomic mass is 10.1. The molecular weight excluding hydrogens is 236 g/mol. The van der Waals surface area contributed by atoms with E-state index < -0.39 is 5.97 Å². The van der Waals surface area contributed by atoms with E-state index in [0.29, 0.717) is 11.2 Å². The highest BCUT2D eigenvalue weighted by molar-refractivity contribution is 7.80. The maximum Gasteiger partial charge on any atom is 0.307 e. The number of carboxylic acid groups (broad SMARTS) is 1. The number of aliphatic carboxylic acids is 1. The molecule has 0 unspecified atom stereocenters. The Bertz CT molecular complexity index is 427. The van der Waals surface area contributed by atoms with E-state index in [2.05, 4.69) is 10.6 Å². The molecule has 2 rings (SSSR count). The highest BCUT2D eigenvalue weighted by atomic mass is 32.1. The molecular formula is C12H14N2O2S. The second kappa shape index (κ2) is 5.14. The third kappa shape index (κ3) is 4.03. The Hall–Kier alpha value is -1.62. The van der Waals surface area contributed by atoms with Crippen LogP contribution in [0.4, 0.5) is 5.69 Å². The van der Waals surface area contributed by atoms with E-state index in [9.17, 15) is 4.79 Å². The number of thiocarbonyl (C=S) groups is 1. The maximum absolute atomic E-state index is 10.5. The van der Waals surface area contributed by atoms with Crippen molar-refractivity contribution in [1.29, 1.82) is 0 Å². The summed E-state index contributed by atoms with van der Waals surface area (Å²) >= 11 is 5.14. The van der Waals surface area contributed by atoms with Gasteiger partial charge in [0.1, 0.15) is 0 Å². The number of rotatable bonds is 4. The van der Waals surface area contributed by atoms with E-state index in [-0.39, 0.29) is 6.42 Å². The minimum Gasteiger partial charge on any atom is -0.481 e. The Morgan fingerprint density at radius 2 is 2.00 bits per heavy atom. The summed E-state index contributed by atoms with van der Waals surface area (Å²) in [5.74, 6) is -0.823. The molecule has 0 radical (unpaired) electrons. The van der Waals surface area contributed by atoms with Gasteiger partial charge in [-0.15, -0.1) is 0 Å². The molecule has 0 bridgehead atoms. The third-order valence-electron chi connectivity index (χ3n) is 2.48. The van der Waals surface area contributed by atoms with Crippen LogP contribution in [-0.4, -0.2) is 22.2 Å². The van der Waals surface area contributed by atoms with Crippen molar-refractivity contribution in [2.75, 3.05) is 5.32 Å². The van der Waals surface area contributed by atoms with Gasteiger partial charge in [0.25, 0.3) is 0 Å². The fourth-order valence-electron chi connectivity index (χ4n) is 1.46. The van der Waals surface area contributed by atoms with Gasteiger partial charge >= 0.3 is 5.97 Å². The Morgan fingerprint density at radius 1 is 1.35 bits per heavy atom. The van der Waals surface area contributed by atoms with Crippen LogP contribution in [0.2, 0.25) is 0 Å². The van der Waals surface area contributed by atoms with Crippen LogP contribution in [0.5, 0.6) is 0 Å². The lowest BCUT2D eigenvalue weighted by molar-refractivity contribution is -0.136. The van der Waals surface area contributed by atoms with Gasteiger partial charge in [-0.3, -0.25) is 4.79 Å². The summed E-state index contributed by atoms with van der Waals surface area (Å²) in [5, 5.41) is 15.5. The summed E-state index contributed by atoms with van der Waals surface area (Å²) in [5.41, 5.74) is 1.65. The molecule has 0 atom stereocenters. The van der Waals surface area contributed by atoms with Gasteiger partial charge < -0.3 is 15.7 Å². The summed E-state index contributed by atoms with van der Waals surface area (Å²) in [6.45, 7) is 0. The molecule has 5 heteroatoms. The minimum absolute atomic E-state index is 0.0467. The smallest absolute Gasteiger partial charge is 0.307 e. The fraction of sp³-hybridized carbons (Fsp3) is 0.333. The number of anilines is 1. The van der Waals surface area contributed by atoms with Crippen molar-refractivity contribution in [2.45, 2.75) is 25.3 Å². The standard InChI is InChI=1S/C12H14N2O2S/c15-11(16)7-8-1-3-9(4-2-8)13-12(17)14-10-5-6-10/h1-4,10H,5-7H2,(H,15,16)(H2,13,14,17). The van der Waals surface area contributed by atoms with Crippen LogP contribution in [0, 0.1) is 0 Å². The number of hydrogen-bond acceptors (Lipinski definition) is 2. The number of carboxylic acids is 1. The number of nitrogens with one attached hydrogen (secondary N) is 2. The van der Waals surface area contributed by atoms with Crippen molar-refractivity contribution in [3.8, 4) is 0 Å². The molecule has 1 aliphatic rings. The van der Waals surface area contributed by atoms with E-state index in [1.54, 1.807) is 12.1 Å². The van der Waals surface area contributed by atoms with Crippen LogP contribution in [0.15, 0.2) is 24.3 Å². The van der Waals surface area contributed by atoms with Crippen molar-refractivity contribution in [2.24, 2.45) is 0 Å². The topological polar surface area (TPSA) is 61.4 Å². The molecule has 0 spiro atoms. The highest BCUT2D eigenvalue weighted by Gasteiger charge is 2.21. The van der Waals surface area contributed by atoms with Gasteiger partial charge in [-0.05, 0) is 42.8 Å². The van der Waals surface area contributed by atoms with E-state index in [0.717, 1.165) is 11.3 Å². The molecule has 1 aromatic rings. The van der Waals surface area contributed by atoms with Gasteiger partial charge in [0.2, 0.25) is 0 Å². The molecule has 1 fully saturated rings. The van der Waals surface area contributed by atoms with Crippen LogP contribution >= 0.6 is 12.2 Å². The van der Waals surface area contributed by atoms with Crippen molar-refractivity contribution in [3.05, 3.63) is 29.8 Å². The molecule has 0 amide bonds. The van der Waals surface area contributed by atoms with Crippen molar-refractivity contribution in [1.82, 2.24) is 5.32 Å². The van der Waals surface area contributed by atoms with Crippen molar-refractivity contribution >= 4 is 29.0 Å². The predicted octanol–water partition coefficient (Wildman–Crippen LogP) is 1.76. The van der Waals surface area contributed by atoms with Gasteiger partial charge in [-0.25, -0.2) is 0 Å². The van der Waals surface area contributed by atoms with Crippen LogP contribution in [0.25, 0.3) is 0 Å². The van der Waals surface area contributed by atoms with Crippen LogP contribution in [0.1, 0.15) is 18.4 Å². The Labute approximate surface area is 105 Å². The molecule has 0 aliphatic heterocycles. The SMILES string of the molecule is O=C(O)Cc1ccc(NC(=S)NC2CC2)cc1. The van der Waals surface area contributed by atoms with Gasteiger partial charge in [0.05, 0.1) is 6.42 Å². The summed E-state index contributed by atoms with van der Waals surface area (Å²) in [4.78, 5) is 10.5. The molecule has 4 nitrogen and oxygen atoms in total. The first-order chi connectivity index (χ1) is 8.13. The van der Waals surface area contributed by atoms with Gasteiger partial charge in [0, 0.05) is 11.7 Å². The molecule has 1 saturated carbocycles. The number of carbonyl (C=O) groups is 1. The Kier molecular flexibility index (Phi) is 3.58. The molecule has 0 saturated heterocycles.